The summed E-state index contributed by atoms with van der Waals surface area (Å²) < 4.78 is 0. The summed E-state index contributed by atoms with van der Waals surface area (Å²) in [7, 11) is 1.62. The van der Waals surface area contributed by atoms with Gasteiger partial charge in [0.2, 0.25) is 0 Å². The first kappa shape index (κ1) is 16.7. The van der Waals surface area contributed by atoms with Gasteiger partial charge in [0.15, 0.2) is 0 Å². The number of amides is 1. The first-order valence-corrected chi connectivity index (χ1v) is 8.46. The Balaban J connectivity index is 1.58. The van der Waals surface area contributed by atoms with Crippen LogP contribution in [0.15, 0.2) is 36.5 Å². The van der Waals surface area contributed by atoms with Crippen LogP contribution in [0.5, 0.6) is 0 Å². The first-order chi connectivity index (χ1) is 11.7. The van der Waals surface area contributed by atoms with Crippen molar-refractivity contribution in [2.24, 2.45) is 0 Å². The number of benzene rings is 1. The Kier molecular flexibility index (Phi) is 5.33. The minimum absolute atomic E-state index is 0.132. The van der Waals surface area contributed by atoms with Gasteiger partial charge >= 0.3 is 0 Å². The Labute approximate surface area is 147 Å². The predicted octanol–water partition coefficient (Wildman–Crippen LogP) is 2.56. The van der Waals surface area contributed by atoms with Crippen molar-refractivity contribution in [3.8, 4) is 0 Å². The third kappa shape index (κ3) is 3.68. The summed E-state index contributed by atoms with van der Waals surface area (Å²) in [4.78, 5) is 18.5. The zero-order valence-corrected chi connectivity index (χ0v) is 14.4. The number of halogens is 1. The Hall–Kier alpha value is -2.11. The summed E-state index contributed by atoms with van der Waals surface area (Å²) in [5.41, 5.74) is 3.14. The summed E-state index contributed by atoms with van der Waals surface area (Å²) in [6.45, 7) is 3.51. The zero-order valence-electron chi connectivity index (χ0n) is 13.7. The molecule has 5 nitrogen and oxygen atoms in total. The Morgan fingerprint density at radius 2 is 2.21 bits per heavy atom. The van der Waals surface area contributed by atoms with E-state index < -0.39 is 0 Å². The van der Waals surface area contributed by atoms with E-state index in [-0.39, 0.29) is 5.91 Å². The second-order valence-electron chi connectivity index (χ2n) is 5.81. The largest absolute Gasteiger partial charge is 0.368 e. The van der Waals surface area contributed by atoms with Crippen molar-refractivity contribution in [3.05, 3.63) is 58.2 Å². The molecule has 2 N–H and O–H groups in total. The molecule has 0 atom stereocenters. The van der Waals surface area contributed by atoms with E-state index in [1.165, 1.54) is 11.1 Å². The predicted molar refractivity (Wildman–Crippen MR) is 96.5 cm³/mol. The third-order valence-corrected chi connectivity index (χ3v) is 4.64. The van der Waals surface area contributed by atoms with Crippen molar-refractivity contribution in [1.82, 2.24) is 15.2 Å². The van der Waals surface area contributed by atoms with Gasteiger partial charge in [0.25, 0.3) is 5.91 Å². The van der Waals surface area contributed by atoms with E-state index in [1.807, 2.05) is 12.1 Å². The SMILES string of the molecule is CNC(=O)c1cccnc1NCCN1CCc2c(Cl)cccc2C1. The number of carbonyl (C=O) groups excluding carboxylic acids is 1. The van der Waals surface area contributed by atoms with Crippen LogP contribution in [0.3, 0.4) is 0 Å². The van der Waals surface area contributed by atoms with Gasteiger partial charge in [-0.25, -0.2) is 4.98 Å². The highest BCUT2D eigenvalue weighted by atomic mass is 35.5. The van der Waals surface area contributed by atoms with Crippen molar-refractivity contribution >= 4 is 23.3 Å². The second kappa shape index (κ2) is 7.64. The maximum Gasteiger partial charge on any atom is 0.254 e. The second-order valence-corrected chi connectivity index (χ2v) is 6.22. The lowest BCUT2D eigenvalue weighted by Crippen LogP contribution is -2.34. The molecule has 0 radical (unpaired) electrons. The van der Waals surface area contributed by atoms with Gasteiger partial charge in [0, 0.05) is 44.4 Å². The molecule has 0 aliphatic carbocycles. The van der Waals surface area contributed by atoms with Crippen LogP contribution < -0.4 is 10.6 Å². The summed E-state index contributed by atoms with van der Waals surface area (Å²) in [5, 5.41) is 6.78. The quantitative estimate of drug-likeness (QED) is 0.875. The molecular weight excluding hydrogens is 324 g/mol. The number of anilines is 1. The molecule has 0 saturated carbocycles. The Morgan fingerprint density at radius 3 is 3.04 bits per heavy atom. The first-order valence-electron chi connectivity index (χ1n) is 8.08. The number of fused-ring (bicyclic) bond motifs is 1. The number of aromatic nitrogens is 1. The molecule has 0 saturated heterocycles. The number of hydrogen-bond acceptors (Lipinski definition) is 4. The third-order valence-electron chi connectivity index (χ3n) is 4.29. The fraction of sp³-hybridized carbons (Fsp3) is 0.333. The number of pyridine rings is 1. The van der Waals surface area contributed by atoms with Gasteiger partial charge in [-0.3, -0.25) is 9.69 Å². The number of nitrogens with one attached hydrogen (secondary N) is 2. The molecule has 2 aromatic rings. The number of rotatable bonds is 5. The van der Waals surface area contributed by atoms with Crippen molar-refractivity contribution in [2.75, 3.05) is 32.0 Å². The van der Waals surface area contributed by atoms with Crippen molar-refractivity contribution < 1.29 is 4.79 Å². The van der Waals surface area contributed by atoms with E-state index in [0.717, 1.165) is 37.6 Å². The average molecular weight is 345 g/mol. The highest BCUT2D eigenvalue weighted by Crippen LogP contribution is 2.25. The van der Waals surface area contributed by atoms with Crippen LogP contribution in [0.25, 0.3) is 0 Å². The molecule has 126 valence electrons. The van der Waals surface area contributed by atoms with Crippen molar-refractivity contribution in [1.29, 1.82) is 0 Å². The molecular formula is C18H21ClN4O. The number of carbonyl (C=O) groups is 1. The van der Waals surface area contributed by atoms with Crippen LogP contribution in [0.4, 0.5) is 5.82 Å². The molecule has 0 bridgehead atoms. The summed E-state index contributed by atoms with van der Waals surface area (Å²) in [6, 6.07) is 9.64. The molecule has 1 aliphatic heterocycles. The Bertz CT molecular complexity index is 735. The minimum Gasteiger partial charge on any atom is -0.368 e. The maximum atomic E-state index is 11.9. The van der Waals surface area contributed by atoms with Crippen molar-refractivity contribution in [3.63, 3.8) is 0 Å². The lowest BCUT2D eigenvalue weighted by Gasteiger charge is -2.29. The molecule has 1 aromatic carbocycles. The van der Waals surface area contributed by atoms with Gasteiger partial charge in [-0.2, -0.15) is 0 Å². The van der Waals surface area contributed by atoms with Crippen LogP contribution in [0, 0.1) is 0 Å². The normalized spacial score (nSPS) is 14.1. The standard InChI is InChI=1S/C18H21ClN4O/c1-20-18(24)15-5-3-8-21-17(15)22-9-11-23-10-7-14-13(12-23)4-2-6-16(14)19/h2-6,8H,7,9-12H2,1H3,(H,20,24)(H,21,22). The fourth-order valence-electron chi connectivity index (χ4n) is 3.01. The van der Waals surface area contributed by atoms with Crippen LogP contribution in [0.1, 0.15) is 21.5 Å². The highest BCUT2D eigenvalue weighted by Gasteiger charge is 2.18. The van der Waals surface area contributed by atoms with Gasteiger partial charge in [-0.1, -0.05) is 23.7 Å². The topological polar surface area (TPSA) is 57.3 Å². The van der Waals surface area contributed by atoms with E-state index in [1.54, 1.807) is 25.4 Å². The summed E-state index contributed by atoms with van der Waals surface area (Å²) in [5.74, 6) is 0.490. The fourth-order valence-corrected chi connectivity index (χ4v) is 3.30. The number of hydrogen-bond donors (Lipinski definition) is 2. The maximum absolute atomic E-state index is 11.9. The van der Waals surface area contributed by atoms with Gasteiger partial charge in [-0.15, -0.1) is 0 Å². The van der Waals surface area contributed by atoms with Crippen LogP contribution in [0.2, 0.25) is 5.02 Å². The molecule has 1 amide bonds. The van der Waals surface area contributed by atoms with Crippen LogP contribution in [-0.4, -0.2) is 42.5 Å². The molecule has 24 heavy (non-hydrogen) atoms. The molecule has 0 unspecified atom stereocenters. The molecule has 1 aliphatic rings. The van der Waals surface area contributed by atoms with E-state index in [2.05, 4.69) is 26.6 Å². The molecule has 0 spiro atoms. The van der Waals surface area contributed by atoms with Gasteiger partial charge in [0.1, 0.15) is 5.82 Å². The Morgan fingerprint density at radius 1 is 1.33 bits per heavy atom. The van der Waals surface area contributed by atoms with E-state index in [0.29, 0.717) is 11.4 Å². The van der Waals surface area contributed by atoms with Gasteiger partial charge in [0.05, 0.1) is 5.56 Å². The molecule has 0 fully saturated rings. The monoisotopic (exact) mass is 344 g/mol. The van der Waals surface area contributed by atoms with Gasteiger partial charge < -0.3 is 10.6 Å². The lowest BCUT2D eigenvalue weighted by molar-refractivity contribution is 0.0963. The minimum atomic E-state index is -0.132. The smallest absolute Gasteiger partial charge is 0.254 e. The van der Waals surface area contributed by atoms with E-state index in [9.17, 15) is 4.79 Å². The molecule has 1 aromatic heterocycles. The number of nitrogens with zero attached hydrogens (tertiary/aromatic N) is 2. The molecule has 3 rings (SSSR count). The van der Waals surface area contributed by atoms with Crippen molar-refractivity contribution in [2.45, 2.75) is 13.0 Å². The van der Waals surface area contributed by atoms with E-state index >= 15 is 0 Å². The summed E-state index contributed by atoms with van der Waals surface area (Å²) in [6.07, 6.45) is 2.66. The lowest BCUT2D eigenvalue weighted by atomic mass is 10.00. The van der Waals surface area contributed by atoms with E-state index in [4.69, 9.17) is 11.6 Å². The highest BCUT2D eigenvalue weighted by molar-refractivity contribution is 6.31. The van der Waals surface area contributed by atoms with Crippen LogP contribution in [-0.2, 0) is 13.0 Å². The molecule has 2 heterocycles. The van der Waals surface area contributed by atoms with Crippen LogP contribution >= 0.6 is 11.6 Å². The zero-order chi connectivity index (χ0) is 16.9. The van der Waals surface area contributed by atoms with Gasteiger partial charge in [-0.05, 0) is 35.7 Å². The molecule has 6 heteroatoms. The summed E-state index contributed by atoms with van der Waals surface area (Å²) >= 11 is 6.26. The average Bonchev–Trinajstić information content (AvgIpc) is 2.61.